The molecule has 0 saturated heterocycles. The molecule has 0 aliphatic carbocycles. The zero-order valence-electron chi connectivity index (χ0n) is 9.12. The van der Waals surface area contributed by atoms with E-state index in [1.165, 1.54) is 0 Å². The van der Waals surface area contributed by atoms with Crippen LogP contribution < -0.4 is 10.5 Å². The molecule has 1 aromatic rings. The highest BCUT2D eigenvalue weighted by Gasteiger charge is 2.13. The number of benzene rings is 1. The minimum absolute atomic E-state index is 0.138. The van der Waals surface area contributed by atoms with Crippen molar-refractivity contribution in [3.8, 4) is 0 Å². The van der Waals surface area contributed by atoms with Crippen LogP contribution in [0.5, 0.6) is 0 Å². The van der Waals surface area contributed by atoms with Crippen LogP contribution in [0.3, 0.4) is 0 Å². The van der Waals surface area contributed by atoms with Gasteiger partial charge < -0.3 is 5.73 Å². The molecule has 7 heteroatoms. The molecule has 0 amide bonds. The Bertz CT molecular complexity index is 477. The molecular formula is C10H14F2N2O2S. The van der Waals surface area contributed by atoms with Crippen molar-refractivity contribution in [3.63, 3.8) is 0 Å². The molecule has 0 radical (unpaired) electrons. The Labute approximate surface area is 98.9 Å². The Balaban J connectivity index is 2.69. The van der Waals surface area contributed by atoms with Crippen LogP contribution in [0.1, 0.15) is 12.8 Å². The van der Waals surface area contributed by atoms with Gasteiger partial charge in [0.05, 0.1) is 11.4 Å². The fraction of sp³-hybridized carbons (Fsp3) is 0.400. The molecule has 0 aliphatic heterocycles. The number of hydrogen-bond donors (Lipinski definition) is 2. The predicted octanol–water partition coefficient (Wildman–Crippen LogP) is 1.45. The second kappa shape index (κ2) is 5.92. The molecule has 96 valence electrons. The van der Waals surface area contributed by atoms with E-state index in [-0.39, 0.29) is 11.4 Å². The van der Waals surface area contributed by atoms with Gasteiger partial charge in [-0.25, -0.2) is 17.2 Å². The Morgan fingerprint density at radius 1 is 1.24 bits per heavy atom. The van der Waals surface area contributed by atoms with E-state index in [4.69, 9.17) is 5.73 Å². The van der Waals surface area contributed by atoms with Crippen LogP contribution in [0.4, 0.5) is 14.5 Å². The van der Waals surface area contributed by atoms with Crippen LogP contribution >= 0.6 is 0 Å². The standard InChI is InChI=1S/C10H14F2N2O2S/c11-8-3-4-10(9(12)7-8)14-17(15,16)6-2-1-5-13/h3-4,7,14H,1-2,5-6,13H2. The van der Waals surface area contributed by atoms with Crippen LogP contribution in [-0.2, 0) is 10.0 Å². The zero-order chi connectivity index (χ0) is 12.9. The molecular weight excluding hydrogens is 250 g/mol. The molecule has 3 N–H and O–H groups in total. The van der Waals surface area contributed by atoms with E-state index < -0.39 is 21.7 Å². The molecule has 0 saturated carbocycles. The third-order valence-electron chi connectivity index (χ3n) is 2.06. The lowest BCUT2D eigenvalue weighted by atomic mass is 10.3. The molecule has 0 bridgehead atoms. The first-order chi connectivity index (χ1) is 7.94. The number of halogens is 2. The van der Waals surface area contributed by atoms with E-state index >= 15 is 0 Å². The first-order valence-corrected chi connectivity index (χ1v) is 6.75. The van der Waals surface area contributed by atoms with Crippen molar-refractivity contribution in [3.05, 3.63) is 29.8 Å². The maximum Gasteiger partial charge on any atom is 0.232 e. The van der Waals surface area contributed by atoms with Gasteiger partial charge in [0.15, 0.2) is 0 Å². The van der Waals surface area contributed by atoms with Crippen LogP contribution in [0.2, 0.25) is 0 Å². The van der Waals surface area contributed by atoms with Crippen molar-refractivity contribution in [1.29, 1.82) is 0 Å². The van der Waals surface area contributed by atoms with E-state index in [0.29, 0.717) is 25.5 Å². The van der Waals surface area contributed by atoms with Crippen LogP contribution in [0, 0.1) is 11.6 Å². The predicted molar refractivity (Wildman–Crippen MR) is 62.1 cm³/mol. The second-order valence-corrected chi connectivity index (χ2v) is 5.38. The summed E-state index contributed by atoms with van der Waals surface area (Å²) in [6.45, 7) is 0.403. The zero-order valence-corrected chi connectivity index (χ0v) is 9.93. The first-order valence-electron chi connectivity index (χ1n) is 5.10. The summed E-state index contributed by atoms with van der Waals surface area (Å²) in [6.07, 6.45) is 0.974. The highest BCUT2D eigenvalue weighted by molar-refractivity contribution is 7.92. The van der Waals surface area contributed by atoms with Gasteiger partial charge in [0.2, 0.25) is 10.0 Å². The summed E-state index contributed by atoms with van der Waals surface area (Å²) in [5.41, 5.74) is 4.98. The third kappa shape index (κ3) is 4.66. The van der Waals surface area contributed by atoms with Crippen LogP contribution in [0.25, 0.3) is 0 Å². The largest absolute Gasteiger partial charge is 0.330 e. The highest BCUT2D eigenvalue weighted by atomic mass is 32.2. The van der Waals surface area contributed by atoms with Crippen molar-refractivity contribution < 1.29 is 17.2 Å². The van der Waals surface area contributed by atoms with E-state index in [2.05, 4.69) is 4.72 Å². The molecule has 0 aromatic heterocycles. The molecule has 1 rings (SSSR count). The average Bonchev–Trinajstić information content (AvgIpc) is 2.22. The van der Waals surface area contributed by atoms with Gasteiger partial charge in [-0.3, -0.25) is 4.72 Å². The van der Waals surface area contributed by atoms with E-state index in [0.717, 1.165) is 12.1 Å². The van der Waals surface area contributed by atoms with E-state index in [9.17, 15) is 17.2 Å². The van der Waals surface area contributed by atoms with Crippen molar-refractivity contribution in [2.75, 3.05) is 17.0 Å². The van der Waals surface area contributed by atoms with Crippen molar-refractivity contribution in [2.24, 2.45) is 5.73 Å². The Morgan fingerprint density at radius 2 is 1.94 bits per heavy atom. The lowest BCUT2D eigenvalue weighted by molar-refractivity contribution is 0.582. The topological polar surface area (TPSA) is 72.2 Å². The number of sulfonamides is 1. The summed E-state index contributed by atoms with van der Waals surface area (Å²) in [4.78, 5) is 0. The van der Waals surface area contributed by atoms with E-state index in [1.807, 2.05) is 0 Å². The normalized spacial score (nSPS) is 11.5. The minimum atomic E-state index is -3.61. The Kier molecular flexibility index (Phi) is 4.83. The van der Waals surface area contributed by atoms with Gasteiger partial charge in [-0.1, -0.05) is 0 Å². The first kappa shape index (κ1) is 13.9. The van der Waals surface area contributed by atoms with Crippen LogP contribution in [0.15, 0.2) is 18.2 Å². The maximum absolute atomic E-state index is 13.2. The summed E-state index contributed by atoms with van der Waals surface area (Å²) >= 11 is 0. The summed E-state index contributed by atoms with van der Waals surface area (Å²) < 4.78 is 50.8. The molecule has 17 heavy (non-hydrogen) atoms. The number of unbranched alkanes of at least 4 members (excludes halogenated alkanes) is 1. The van der Waals surface area contributed by atoms with Gasteiger partial charge in [-0.2, -0.15) is 0 Å². The van der Waals surface area contributed by atoms with Gasteiger partial charge in [-0.15, -0.1) is 0 Å². The molecule has 1 aromatic carbocycles. The molecule has 4 nitrogen and oxygen atoms in total. The molecule has 0 unspecified atom stereocenters. The van der Waals surface area contributed by atoms with Crippen LogP contribution in [-0.4, -0.2) is 20.7 Å². The Hall–Kier alpha value is -1.21. The van der Waals surface area contributed by atoms with Gasteiger partial charge >= 0.3 is 0 Å². The number of nitrogens with two attached hydrogens (primary N) is 1. The quantitative estimate of drug-likeness (QED) is 0.764. The SMILES string of the molecule is NCCCCS(=O)(=O)Nc1ccc(F)cc1F. The molecule has 0 spiro atoms. The van der Waals surface area contributed by atoms with E-state index in [1.54, 1.807) is 0 Å². The molecule has 0 heterocycles. The van der Waals surface area contributed by atoms with Crippen molar-refractivity contribution in [2.45, 2.75) is 12.8 Å². The van der Waals surface area contributed by atoms with Gasteiger partial charge in [0, 0.05) is 6.07 Å². The monoisotopic (exact) mass is 264 g/mol. The lowest BCUT2D eigenvalue weighted by Gasteiger charge is -2.08. The Morgan fingerprint density at radius 3 is 2.53 bits per heavy atom. The number of anilines is 1. The number of nitrogens with one attached hydrogen (secondary N) is 1. The van der Waals surface area contributed by atoms with Crippen molar-refractivity contribution in [1.82, 2.24) is 0 Å². The van der Waals surface area contributed by atoms with Gasteiger partial charge in [0.25, 0.3) is 0 Å². The highest BCUT2D eigenvalue weighted by Crippen LogP contribution is 2.16. The molecule has 0 atom stereocenters. The second-order valence-electron chi connectivity index (χ2n) is 3.54. The summed E-state index contributed by atoms with van der Waals surface area (Å²) in [5, 5.41) is 0. The summed E-state index contributed by atoms with van der Waals surface area (Å²) in [7, 11) is -3.61. The number of rotatable bonds is 6. The fourth-order valence-corrected chi connectivity index (χ4v) is 2.41. The lowest BCUT2D eigenvalue weighted by Crippen LogP contribution is -2.18. The smallest absolute Gasteiger partial charge is 0.232 e. The summed E-state index contributed by atoms with van der Waals surface area (Å²) in [5.74, 6) is -1.83. The maximum atomic E-state index is 13.2. The van der Waals surface area contributed by atoms with Gasteiger partial charge in [0.1, 0.15) is 11.6 Å². The van der Waals surface area contributed by atoms with Crippen molar-refractivity contribution >= 4 is 15.7 Å². The minimum Gasteiger partial charge on any atom is -0.330 e. The average molecular weight is 264 g/mol. The summed E-state index contributed by atoms with van der Waals surface area (Å²) in [6, 6.07) is 2.66. The molecule has 0 fully saturated rings. The van der Waals surface area contributed by atoms with Gasteiger partial charge in [-0.05, 0) is 31.5 Å². The third-order valence-corrected chi connectivity index (χ3v) is 3.42. The fourth-order valence-electron chi connectivity index (χ4n) is 1.23. The molecule has 0 aliphatic rings. The number of hydrogen-bond acceptors (Lipinski definition) is 3.